The summed E-state index contributed by atoms with van der Waals surface area (Å²) in [6, 6.07) is 6.53. The van der Waals surface area contributed by atoms with E-state index in [9.17, 15) is 4.79 Å². The van der Waals surface area contributed by atoms with Crippen LogP contribution in [0.3, 0.4) is 0 Å². The Balaban J connectivity index is 1.26. The van der Waals surface area contributed by atoms with E-state index in [0.29, 0.717) is 6.54 Å². The number of nitrogens with zero attached hydrogens (tertiary/aromatic N) is 4. The van der Waals surface area contributed by atoms with Gasteiger partial charge in [0.05, 0.1) is 19.0 Å². The molecule has 1 saturated heterocycles. The Kier molecular flexibility index (Phi) is 4.41. The number of urea groups is 1. The van der Waals surface area contributed by atoms with Gasteiger partial charge in [-0.25, -0.2) is 4.79 Å². The summed E-state index contributed by atoms with van der Waals surface area (Å²) in [4.78, 5) is 17.4. The lowest BCUT2D eigenvalue weighted by Crippen LogP contribution is -2.53. The highest BCUT2D eigenvalue weighted by atomic mass is 16.5. The molecule has 1 spiro atoms. The second kappa shape index (κ2) is 6.97. The third-order valence-electron chi connectivity index (χ3n) is 6.69. The maximum Gasteiger partial charge on any atom is 0.318 e. The summed E-state index contributed by atoms with van der Waals surface area (Å²) < 4.78 is 7.25. The number of amides is 2. The zero-order chi connectivity index (χ0) is 20.0. The molecule has 1 aromatic heterocycles. The van der Waals surface area contributed by atoms with Gasteiger partial charge in [-0.05, 0) is 48.9 Å². The summed E-state index contributed by atoms with van der Waals surface area (Å²) in [5, 5.41) is 7.59. The number of aryl methyl sites for hydroxylation is 1. The number of carbonyl (C=O) groups is 1. The van der Waals surface area contributed by atoms with Crippen molar-refractivity contribution in [3.05, 3.63) is 41.7 Å². The Morgan fingerprint density at radius 1 is 1.34 bits per heavy atom. The van der Waals surface area contributed by atoms with Crippen molar-refractivity contribution in [1.82, 2.24) is 20.0 Å². The number of aromatic nitrogens is 2. The highest BCUT2D eigenvalue weighted by molar-refractivity contribution is 5.75. The molecule has 0 bridgehead atoms. The maximum atomic E-state index is 13.1. The van der Waals surface area contributed by atoms with Crippen molar-refractivity contribution in [3.8, 4) is 5.75 Å². The molecule has 3 heterocycles. The number of piperidine rings is 1. The molecule has 3 aliphatic rings. The number of rotatable bonds is 3. The normalized spacial score (nSPS) is 22.3. The third kappa shape index (κ3) is 3.43. The maximum absolute atomic E-state index is 13.1. The molecule has 1 unspecified atom stereocenters. The summed E-state index contributed by atoms with van der Waals surface area (Å²) in [6.07, 6.45) is 8.33. The van der Waals surface area contributed by atoms with Crippen LogP contribution >= 0.6 is 0 Å². The van der Waals surface area contributed by atoms with Crippen molar-refractivity contribution in [2.75, 3.05) is 31.6 Å². The Hall–Kier alpha value is -2.70. The number of hydrogen-bond donors (Lipinski definition) is 1. The minimum Gasteiger partial charge on any atom is -0.497 e. The van der Waals surface area contributed by atoms with Crippen LogP contribution in [0.5, 0.6) is 5.75 Å². The number of fused-ring (bicyclic) bond motifs is 2. The molecule has 1 saturated carbocycles. The van der Waals surface area contributed by atoms with Gasteiger partial charge in [0.15, 0.2) is 0 Å². The highest BCUT2D eigenvalue weighted by Crippen LogP contribution is 2.53. The Labute approximate surface area is 171 Å². The number of anilines is 1. The van der Waals surface area contributed by atoms with Gasteiger partial charge in [0.2, 0.25) is 0 Å². The van der Waals surface area contributed by atoms with Gasteiger partial charge < -0.3 is 19.9 Å². The van der Waals surface area contributed by atoms with Gasteiger partial charge in [-0.1, -0.05) is 6.07 Å². The van der Waals surface area contributed by atoms with Crippen LogP contribution in [0.2, 0.25) is 0 Å². The predicted octanol–water partition coefficient (Wildman–Crippen LogP) is 2.65. The molecule has 2 aromatic rings. The molecule has 2 aliphatic heterocycles. The number of carbonyl (C=O) groups excluding carboxylic acids is 1. The van der Waals surface area contributed by atoms with Crippen LogP contribution in [-0.2, 0) is 19.0 Å². The third-order valence-corrected chi connectivity index (χ3v) is 6.69. The molecule has 154 valence electrons. The molecular formula is C22H29N5O2. The molecule has 2 amide bonds. The van der Waals surface area contributed by atoms with E-state index in [1.807, 2.05) is 35.1 Å². The van der Waals surface area contributed by atoms with E-state index in [1.165, 1.54) is 11.1 Å². The first-order chi connectivity index (χ1) is 14.1. The number of hydrogen-bond acceptors (Lipinski definition) is 4. The smallest absolute Gasteiger partial charge is 0.318 e. The van der Waals surface area contributed by atoms with E-state index in [4.69, 9.17) is 4.74 Å². The van der Waals surface area contributed by atoms with E-state index >= 15 is 0 Å². The van der Waals surface area contributed by atoms with Crippen LogP contribution < -0.4 is 15.0 Å². The van der Waals surface area contributed by atoms with Gasteiger partial charge in [0.25, 0.3) is 0 Å². The van der Waals surface area contributed by atoms with Gasteiger partial charge >= 0.3 is 6.03 Å². The summed E-state index contributed by atoms with van der Waals surface area (Å²) in [5.74, 6) is 0.908. The van der Waals surface area contributed by atoms with E-state index in [2.05, 4.69) is 27.4 Å². The molecule has 2 fully saturated rings. The largest absolute Gasteiger partial charge is 0.497 e. The number of methoxy groups -OCH3 is 1. The van der Waals surface area contributed by atoms with Gasteiger partial charge in [-0.2, -0.15) is 5.10 Å². The van der Waals surface area contributed by atoms with E-state index in [1.54, 1.807) is 7.11 Å². The van der Waals surface area contributed by atoms with Gasteiger partial charge in [0.1, 0.15) is 5.75 Å². The Morgan fingerprint density at radius 3 is 2.93 bits per heavy atom. The lowest BCUT2D eigenvalue weighted by atomic mass is 9.87. The molecule has 1 N–H and O–H groups in total. The van der Waals surface area contributed by atoms with Crippen LogP contribution in [0.1, 0.15) is 36.8 Å². The minimum atomic E-state index is 0.0655. The van der Waals surface area contributed by atoms with Gasteiger partial charge in [-0.15, -0.1) is 0 Å². The predicted molar refractivity (Wildman–Crippen MR) is 111 cm³/mol. The van der Waals surface area contributed by atoms with Crippen molar-refractivity contribution in [1.29, 1.82) is 0 Å². The second-order valence-electron chi connectivity index (χ2n) is 8.77. The summed E-state index contributed by atoms with van der Waals surface area (Å²) in [7, 11) is 3.65. The average molecular weight is 396 g/mol. The minimum absolute atomic E-state index is 0.0655. The van der Waals surface area contributed by atoms with Crippen molar-refractivity contribution >= 4 is 11.7 Å². The molecule has 29 heavy (non-hydrogen) atoms. The molecule has 1 aliphatic carbocycles. The van der Waals surface area contributed by atoms with Crippen LogP contribution in [0.4, 0.5) is 10.5 Å². The fourth-order valence-electron chi connectivity index (χ4n) is 4.92. The van der Waals surface area contributed by atoms with Crippen molar-refractivity contribution in [2.24, 2.45) is 7.05 Å². The number of benzene rings is 1. The zero-order valence-electron chi connectivity index (χ0n) is 17.2. The van der Waals surface area contributed by atoms with Gasteiger partial charge in [-0.3, -0.25) is 4.68 Å². The fourth-order valence-corrected chi connectivity index (χ4v) is 4.92. The average Bonchev–Trinajstić information content (AvgIpc) is 3.36. The van der Waals surface area contributed by atoms with E-state index in [-0.39, 0.29) is 17.5 Å². The fraction of sp³-hybridized carbons (Fsp3) is 0.545. The zero-order valence-corrected chi connectivity index (χ0v) is 17.2. The Morgan fingerprint density at radius 2 is 2.21 bits per heavy atom. The van der Waals surface area contributed by atoms with Gasteiger partial charge in [0, 0.05) is 50.9 Å². The number of nitrogens with one attached hydrogen (secondary N) is 1. The first-order valence-electron chi connectivity index (χ1n) is 10.5. The highest BCUT2D eigenvalue weighted by Gasteiger charge is 2.50. The molecular weight excluding hydrogens is 366 g/mol. The molecule has 5 rings (SSSR count). The molecule has 7 nitrogen and oxygen atoms in total. The number of ether oxygens (including phenoxy) is 1. The molecule has 7 heteroatoms. The molecule has 0 radical (unpaired) electrons. The SMILES string of the molecule is COc1ccc2c(c1)C1(CC1)CN(C(=O)NC1CCCN(c3cnn(C)c3)C1)C2. The lowest BCUT2D eigenvalue weighted by Gasteiger charge is -2.38. The van der Waals surface area contributed by atoms with Crippen LogP contribution in [0.25, 0.3) is 0 Å². The summed E-state index contributed by atoms with van der Waals surface area (Å²) in [5.41, 5.74) is 3.89. The first-order valence-corrected chi connectivity index (χ1v) is 10.5. The van der Waals surface area contributed by atoms with Crippen molar-refractivity contribution in [3.63, 3.8) is 0 Å². The van der Waals surface area contributed by atoms with E-state index < -0.39 is 0 Å². The Bertz CT molecular complexity index is 920. The quantitative estimate of drug-likeness (QED) is 0.868. The molecule has 1 aromatic carbocycles. The first kappa shape index (κ1) is 18.3. The second-order valence-corrected chi connectivity index (χ2v) is 8.77. The van der Waals surface area contributed by atoms with E-state index in [0.717, 1.165) is 56.8 Å². The lowest BCUT2D eigenvalue weighted by molar-refractivity contribution is 0.178. The topological polar surface area (TPSA) is 62.6 Å². The van der Waals surface area contributed by atoms with Crippen LogP contribution in [-0.4, -0.2) is 53.5 Å². The summed E-state index contributed by atoms with van der Waals surface area (Å²) >= 11 is 0. The standard InChI is InChI=1S/C22H29N5O2/c1-25-14-18(11-23-25)26-9-3-4-17(13-26)24-21(28)27-12-16-5-6-19(29-2)10-20(16)22(15-27)7-8-22/h5-6,10-11,14,17H,3-4,7-9,12-13,15H2,1-2H3,(H,24,28). The van der Waals surface area contributed by atoms with Crippen LogP contribution in [0, 0.1) is 0 Å². The summed E-state index contributed by atoms with van der Waals surface area (Å²) in [6.45, 7) is 3.33. The monoisotopic (exact) mass is 395 g/mol. The van der Waals surface area contributed by atoms with Crippen molar-refractivity contribution in [2.45, 2.75) is 43.7 Å². The molecule has 1 atom stereocenters. The van der Waals surface area contributed by atoms with Crippen molar-refractivity contribution < 1.29 is 9.53 Å². The van der Waals surface area contributed by atoms with Crippen LogP contribution in [0.15, 0.2) is 30.6 Å².